The monoisotopic (exact) mass is 204 g/mol. The number of anilines is 1. The molecule has 15 heavy (non-hydrogen) atoms. The number of benzene rings is 1. The highest BCUT2D eigenvalue weighted by Gasteiger charge is 2.05. The van der Waals surface area contributed by atoms with E-state index in [0.717, 1.165) is 29.8 Å². The quantitative estimate of drug-likeness (QED) is 0.421. The van der Waals surface area contributed by atoms with Crippen LogP contribution in [0.2, 0.25) is 0 Å². The number of hydrogen-bond donors (Lipinski definition) is 0. The topological polar surface area (TPSA) is 32.7 Å². The second kappa shape index (κ2) is 5.29. The minimum absolute atomic E-state index is 0.738. The highest BCUT2D eigenvalue weighted by molar-refractivity contribution is 5.86. The maximum Gasteiger partial charge on any atom is 0.234 e. The molecule has 3 heteroatoms. The van der Waals surface area contributed by atoms with Crippen molar-refractivity contribution in [3.63, 3.8) is 0 Å². The van der Waals surface area contributed by atoms with Gasteiger partial charge in [-0.3, -0.25) is 4.79 Å². The predicted molar refractivity (Wildman–Crippen MR) is 63.1 cm³/mol. The number of nitrogens with zero attached hydrogens (tertiary/aromatic N) is 2. The van der Waals surface area contributed by atoms with Crippen molar-refractivity contribution in [2.24, 2.45) is 5.10 Å². The molecule has 3 nitrogen and oxygen atoms in total. The van der Waals surface area contributed by atoms with Crippen LogP contribution in [0.4, 0.5) is 5.69 Å². The molecule has 0 unspecified atom stereocenters. The van der Waals surface area contributed by atoms with Gasteiger partial charge in [-0.2, -0.15) is 5.10 Å². The van der Waals surface area contributed by atoms with Gasteiger partial charge in [-0.15, -0.1) is 0 Å². The van der Waals surface area contributed by atoms with Crippen molar-refractivity contribution in [1.82, 2.24) is 0 Å². The van der Waals surface area contributed by atoms with E-state index in [4.69, 9.17) is 0 Å². The Hall–Kier alpha value is -1.64. The molecule has 0 aromatic heterocycles. The summed E-state index contributed by atoms with van der Waals surface area (Å²) in [6.45, 7) is 5.89. The van der Waals surface area contributed by atoms with Crippen LogP contribution >= 0.6 is 0 Å². The number of para-hydroxylation sites is 1. The summed E-state index contributed by atoms with van der Waals surface area (Å²) in [6, 6.07) is 7.69. The van der Waals surface area contributed by atoms with Gasteiger partial charge in [-0.05, 0) is 31.9 Å². The van der Waals surface area contributed by atoms with E-state index in [1.807, 2.05) is 45.0 Å². The molecule has 0 aliphatic heterocycles. The largest absolute Gasteiger partial charge is 0.276 e. The molecule has 1 rings (SSSR count). The first-order chi connectivity index (χ1) is 7.19. The van der Waals surface area contributed by atoms with Crippen molar-refractivity contribution in [2.75, 3.05) is 5.01 Å². The van der Waals surface area contributed by atoms with Gasteiger partial charge in [0.2, 0.25) is 6.41 Å². The van der Waals surface area contributed by atoms with E-state index in [1.54, 1.807) is 0 Å². The molecule has 1 aromatic rings. The molecule has 0 atom stereocenters. The molecule has 0 saturated carbocycles. The second-order valence-electron chi connectivity index (χ2n) is 3.43. The maximum absolute atomic E-state index is 10.9. The van der Waals surface area contributed by atoms with Crippen molar-refractivity contribution in [3.05, 3.63) is 29.8 Å². The number of amides is 1. The van der Waals surface area contributed by atoms with Crippen LogP contribution in [0.3, 0.4) is 0 Å². The zero-order valence-electron chi connectivity index (χ0n) is 9.40. The van der Waals surface area contributed by atoms with Crippen molar-refractivity contribution < 1.29 is 4.79 Å². The molecule has 0 aliphatic rings. The molecule has 0 bridgehead atoms. The summed E-state index contributed by atoms with van der Waals surface area (Å²) in [5, 5.41) is 5.61. The standard InChI is InChI=1S/C12H16N2O/c1-4-11(3)13-14(9-15)12-8-6-5-7-10(12)2/h5-9H,4H2,1-3H3/b13-11-. The van der Waals surface area contributed by atoms with E-state index in [1.165, 1.54) is 5.01 Å². The number of hydrazone groups is 1. The molecule has 1 amide bonds. The second-order valence-corrected chi connectivity index (χ2v) is 3.43. The molecule has 0 aliphatic carbocycles. The molecule has 0 fully saturated rings. The average Bonchev–Trinajstić information content (AvgIpc) is 2.26. The lowest BCUT2D eigenvalue weighted by Gasteiger charge is -2.14. The van der Waals surface area contributed by atoms with Gasteiger partial charge in [-0.25, -0.2) is 5.01 Å². The van der Waals surface area contributed by atoms with Gasteiger partial charge >= 0.3 is 0 Å². The van der Waals surface area contributed by atoms with Gasteiger partial charge in [0.25, 0.3) is 0 Å². The Bertz CT molecular complexity index is 372. The van der Waals surface area contributed by atoms with Crippen LogP contribution < -0.4 is 5.01 Å². The Morgan fingerprint density at radius 2 is 2.13 bits per heavy atom. The van der Waals surface area contributed by atoms with E-state index >= 15 is 0 Å². The van der Waals surface area contributed by atoms with Gasteiger partial charge in [0.1, 0.15) is 0 Å². The van der Waals surface area contributed by atoms with Gasteiger partial charge in [0, 0.05) is 5.71 Å². The normalized spacial score (nSPS) is 11.3. The molecule has 0 radical (unpaired) electrons. The highest BCUT2D eigenvalue weighted by atomic mass is 16.1. The van der Waals surface area contributed by atoms with E-state index in [-0.39, 0.29) is 0 Å². The zero-order valence-corrected chi connectivity index (χ0v) is 9.40. The number of rotatable bonds is 4. The van der Waals surface area contributed by atoms with Crippen molar-refractivity contribution in [3.8, 4) is 0 Å². The fraction of sp³-hybridized carbons (Fsp3) is 0.333. The van der Waals surface area contributed by atoms with Crippen molar-refractivity contribution >= 4 is 17.8 Å². The average molecular weight is 204 g/mol. The fourth-order valence-corrected chi connectivity index (χ4v) is 1.21. The lowest BCUT2D eigenvalue weighted by molar-refractivity contribution is -0.107. The third-order valence-corrected chi connectivity index (χ3v) is 2.25. The highest BCUT2D eigenvalue weighted by Crippen LogP contribution is 2.18. The molecule has 80 valence electrons. The minimum Gasteiger partial charge on any atom is -0.276 e. The SMILES string of the molecule is CC/C(C)=N\N(C=O)c1ccccc1C. The van der Waals surface area contributed by atoms with E-state index in [2.05, 4.69) is 5.10 Å². The van der Waals surface area contributed by atoms with Crippen molar-refractivity contribution in [2.45, 2.75) is 27.2 Å². The van der Waals surface area contributed by atoms with Gasteiger partial charge in [-0.1, -0.05) is 25.1 Å². The van der Waals surface area contributed by atoms with E-state index in [9.17, 15) is 4.79 Å². The number of carbonyl (C=O) groups is 1. The van der Waals surface area contributed by atoms with E-state index in [0.29, 0.717) is 0 Å². The number of hydrogen-bond acceptors (Lipinski definition) is 2. The number of aryl methyl sites for hydroxylation is 1. The Kier molecular flexibility index (Phi) is 4.03. The van der Waals surface area contributed by atoms with E-state index < -0.39 is 0 Å². The third kappa shape index (κ3) is 2.91. The number of carbonyl (C=O) groups excluding carboxylic acids is 1. The molecule has 0 spiro atoms. The first kappa shape index (κ1) is 11.4. The molecular weight excluding hydrogens is 188 g/mol. The fourth-order valence-electron chi connectivity index (χ4n) is 1.21. The molecule has 0 heterocycles. The van der Waals surface area contributed by atoms with Crippen LogP contribution in [0.1, 0.15) is 25.8 Å². The van der Waals surface area contributed by atoms with Crippen molar-refractivity contribution in [1.29, 1.82) is 0 Å². The molecule has 0 N–H and O–H groups in total. The van der Waals surface area contributed by atoms with Crippen LogP contribution in [0, 0.1) is 6.92 Å². The van der Waals surface area contributed by atoms with Gasteiger partial charge < -0.3 is 0 Å². The van der Waals surface area contributed by atoms with Crippen LogP contribution in [-0.4, -0.2) is 12.1 Å². The summed E-state index contributed by atoms with van der Waals surface area (Å²) in [5.41, 5.74) is 2.81. The van der Waals surface area contributed by atoms with Crippen LogP contribution in [0.15, 0.2) is 29.4 Å². The Morgan fingerprint density at radius 1 is 1.47 bits per heavy atom. The van der Waals surface area contributed by atoms with Crippen LogP contribution in [0.5, 0.6) is 0 Å². The summed E-state index contributed by atoms with van der Waals surface area (Å²) in [5.74, 6) is 0. The lowest BCUT2D eigenvalue weighted by Crippen LogP contribution is -2.16. The molecular formula is C12H16N2O. The summed E-state index contributed by atoms with van der Waals surface area (Å²) >= 11 is 0. The summed E-state index contributed by atoms with van der Waals surface area (Å²) in [4.78, 5) is 10.9. The third-order valence-electron chi connectivity index (χ3n) is 2.25. The lowest BCUT2D eigenvalue weighted by atomic mass is 10.2. The van der Waals surface area contributed by atoms with Gasteiger partial charge in [0.15, 0.2) is 0 Å². The minimum atomic E-state index is 0.738. The Morgan fingerprint density at radius 3 is 2.67 bits per heavy atom. The Balaban J connectivity index is 3.03. The smallest absolute Gasteiger partial charge is 0.234 e. The predicted octanol–water partition coefficient (Wildman–Crippen LogP) is 2.74. The van der Waals surface area contributed by atoms with Crippen LogP contribution in [0.25, 0.3) is 0 Å². The first-order valence-electron chi connectivity index (χ1n) is 5.03. The summed E-state index contributed by atoms with van der Waals surface area (Å²) < 4.78 is 0. The maximum atomic E-state index is 10.9. The van der Waals surface area contributed by atoms with Gasteiger partial charge in [0.05, 0.1) is 5.69 Å². The first-order valence-corrected chi connectivity index (χ1v) is 5.03. The summed E-state index contributed by atoms with van der Waals surface area (Å²) in [7, 11) is 0. The zero-order chi connectivity index (χ0) is 11.3. The summed E-state index contributed by atoms with van der Waals surface area (Å²) in [6.07, 6.45) is 1.58. The Labute approximate surface area is 90.4 Å². The van der Waals surface area contributed by atoms with Crippen LogP contribution in [-0.2, 0) is 4.79 Å². The molecule has 0 saturated heterocycles. The molecule has 1 aromatic carbocycles.